The second kappa shape index (κ2) is 4.30. The normalized spacial score (nSPS) is 19.0. The Hall–Kier alpha value is -1.68. The Balaban J connectivity index is 1.93. The maximum atomic E-state index is 9.19. The van der Waals surface area contributed by atoms with E-state index in [0.717, 1.165) is 36.6 Å². The summed E-state index contributed by atoms with van der Waals surface area (Å²) in [6.07, 6.45) is 5.74. The van der Waals surface area contributed by atoms with Crippen LogP contribution in [-0.4, -0.2) is 26.2 Å². The Bertz CT molecular complexity index is 507. The highest BCUT2D eigenvalue weighted by molar-refractivity contribution is 5.53. The van der Waals surface area contributed by atoms with Gasteiger partial charge in [0.05, 0.1) is 5.69 Å². The molecule has 17 heavy (non-hydrogen) atoms. The molecule has 88 valence electrons. The van der Waals surface area contributed by atoms with Crippen molar-refractivity contribution >= 4 is 0 Å². The van der Waals surface area contributed by atoms with Crippen LogP contribution in [-0.2, 0) is 13.0 Å². The van der Waals surface area contributed by atoms with Crippen LogP contribution in [0, 0.1) is 5.92 Å². The highest BCUT2D eigenvalue weighted by Crippen LogP contribution is 2.23. The first-order chi connectivity index (χ1) is 8.36. The number of rotatable bonds is 2. The molecule has 4 nitrogen and oxygen atoms in total. The van der Waals surface area contributed by atoms with Crippen LogP contribution >= 0.6 is 0 Å². The fourth-order valence-corrected chi connectivity index (χ4v) is 2.29. The highest BCUT2D eigenvalue weighted by atomic mass is 16.3. The van der Waals surface area contributed by atoms with Crippen LogP contribution in [0.5, 0.6) is 0 Å². The zero-order chi connectivity index (χ0) is 11.7. The number of hydrogen-bond donors (Lipinski definition) is 1. The van der Waals surface area contributed by atoms with Gasteiger partial charge in [0, 0.05) is 32.0 Å². The molecule has 2 aromatic rings. The SMILES string of the molecule is OCC1CCn2cc(-c3ccccn3)nc2C1. The van der Waals surface area contributed by atoms with Crippen LogP contribution in [0.2, 0.25) is 0 Å². The third-order valence-electron chi connectivity index (χ3n) is 3.29. The second-order valence-electron chi connectivity index (χ2n) is 4.49. The number of fused-ring (bicyclic) bond motifs is 1. The number of imidazole rings is 1. The Morgan fingerprint density at radius 2 is 2.29 bits per heavy atom. The molecule has 1 aliphatic heterocycles. The minimum absolute atomic E-state index is 0.256. The lowest BCUT2D eigenvalue weighted by molar-refractivity contribution is 0.199. The van der Waals surface area contributed by atoms with Crippen LogP contribution in [0.25, 0.3) is 11.4 Å². The summed E-state index contributed by atoms with van der Waals surface area (Å²) in [5.41, 5.74) is 1.84. The Labute approximate surface area is 100.0 Å². The van der Waals surface area contributed by atoms with Gasteiger partial charge < -0.3 is 9.67 Å². The molecule has 0 saturated carbocycles. The molecule has 3 heterocycles. The quantitative estimate of drug-likeness (QED) is 0.849. The van der Waals surface area contributed by atoms with Crippen LogP contribution in [0.3, 0.4) is 0 Å². The fourth-order valence-electron chi connectivity index (χ4n) is 2.29. The molecule has 0 aliphatic carbocycles. The Kier molecular flexibility index (Phi) is 2.65. The average Bonchev–Trinajstić information content (AvgIpc) is 2.82. The summed E-state index contributed by atoms with van der Waals surface area (Å²) in [5, 5.41) is 9.19. The first-order valence-corrected chi connectivity index (χ1v) is 5.95. The monoisotopic (exact) mass is 229 g/mol. The molecule has 1 aliphatic rings. The molecule has 0 fully saturated rings. The lowest BCUT2D eigenvalue weighted by Gasteiger charge is -2.20. The van der Waals surface area contributed by atoms with E-state index in [1.54, 1.807) is 6.20 Å². The molecule has 0 aromatic carbocycles. The molecular formula is C13H15N3O. The van der Waals surface area contributed by atoms with E-state index >= 15 is 0 Å². The minimum Gasteiger partial charge on any atom is -0.396 e. The molecule has 0 radical (unpaired) electrons. The van der Waals surface area contributed by atoms with Crippen LogP contribution < -0.4 is 0 Å². The zero-order valence-electron chi connectivity index (χ0n) is 9.58. The van der Waals surface area contributed by atoms with Crippen LogP contribution in [0.4, 0.5) is 0 Å². The van der Waals surface area contributed by atoms with E-state index in [4.69, 9.17) is 0 Å². The molecule has 0 bridgehead atoms. The number of aromatic nitrogens is 3. The van der Waals surface area contributed by atoms with E-state index in [-0.39, 0.29) is 6.61 Å². The van der Waals surface area contributed by atoms with E-state index in [0.29, 0.717) is 5.92 Å². The van der Waals surface area contributed by atoms with Crippen molar-refractivity contribution in [2.45, 2.75) is 19.4 Å². The third-order valence-corrected chi connectivity index (χ3v) is 3.29. The maximum absolute atomic E-state index is 9.19. The summed E-state index contributed by atoms with van der Waals surface area (Å²) < 4.78 is 2.18. The van der Waals surface area contributed by atoms with Crippen molar-refractivity contribution in [3.05, 3.63) is 36.4 Å². The van der Waals surface area contributed by atoms with E-state index < -0.39 is 0 Å². The molecule has 1 atom stereocenters. The van der Waals surface area contributed by atoms with Gasteiger partial charge in [-0.3, -0.25) is 4.98 Å². The Morgan fingerprint density at radius 3 is 3.06 bits per heavy atom. The fraction of sp³-hybridized carbons (Fsp3) is 0.385. The maximum Gasteiger partial charge on any atom is 0.109 e. The van der Waals surface area contributed by atoms with Crippen molar-refractivity contribution in [3.8, 4) is 11.4 Å². The zero-order valence-corrected chi connectivity index (χ0v) is 9.58. The predicted molar refractivity (Wildman–Crippen MR) is 64.4 cm³/mol. The smallest absolute Gasteiger partial charge is 0.109 e. The van der Waals surface area contributed by atoms with Crippen molar-refractivity contribution in [1.82, 2.24) is 14.5 Å². The van der Waals surface area contributed by atoms with Crippen LogP contribution in [0.1, 0.15) is 12.2 Å². The molecule has 0 amide bonds. The van der Waals surface area contributed by atoms with Gasteiger partial charge in [-0.05, 0) is 24.5 Å². The number of hydrogen-bond acceptors (Lipinski definition) is 3. The van der Waals surface area contributed by atoms with Crippen molar-refractivity contribution in [2.75, 3.05) is 6.61 Å². The summed E-state index contributed by atoms with van der Waals surface area (Å²) in [4.78, 5) is 8.91. The molecule has 1 unspecified atom stereocenters. The summed E-state index contributed by atoms with van der Waals surface area (Å²) in [5.74, 6) is 1.43. The number of aryl methyl sites for hydroxylation is 1. The third kappa shape index (κ3) is 1.96. The lowest BCUT2D eigenvalue weighted by atomic mass is 9.99. The van der Waals surface area contributed by atoms with Gasteiger partial charge in [0.15, 0.2) is 0 Å². The summed E-state index contributed by atoms with van der Waals surface area (Å²) in [6.45, 7) is 1.20. The number of aliphatic hydroxyl groups is 1. The molecule has 3 rings (SSSR count). The van der Waals surface area contributed by atoms with Gasteiger partial charge in [-0.1, -0.05) is 6.07 Å². The molecule has 0 spiro atoms. The van der Waals surface area contributed by atoms with Gasteiger partial charge in [-0.25, -0.2) is 4.98 Å². The van der Waals surface area contributed by atoms with Gasteiger partial charge in [0.1, 0.15) is 11.5 Å². The van der Waals surface area contributed by atoms with E-state index in [1.807, 2.05) is 18.2 Å². The Morgan fingerprint density at radius 1 is 1.35 bits per heavy atom. The molecule has 2 aromatic heterocycles. The second-order valence-corrected chi connectivity index (χ2v) is 4.49. The van der Waals surface area contributed by atoms with Crippen molar-refractivity contribution in [2.24, 2.45) is 5.92 Å². The predicted octanol–water partition coefficient (Wildman–Crippen LogP) is 1.50. The van der Waals surface area contributed by atoms with E-state index in [9.17, 15) is 5.11 Å². The number of pyridine rings is 1. The van der Waals surface area contributed by atoms with Gasteiger partial charge in [0.25, 0.3) is 0 Å². The van der Waals surface area contributed by atoms with E-state index in [1.165, 1.54) is 0 Å². The summed E-state index contributed by atoms with van der Waals surface area (Å²) in [6, 6.07) is 5.84. The molecular weight excluding hydrogens is 214 g/mol. The minimum atomic E-state index is 0.256. The standard InChI is InChI=1S/C13H15N3O/c17-9-10-4-6-16-8-12(15-13(16)7-10)11-3-1-2-5-14-11/h1-3,5,8,10,17H,4,6-7,9H2. The van der Waals surface area contributed by atoms with Crippen molar-refractivity contribution in [3.63, 3.8) is 0 Å². The summed E-state index contributed by atoms with van der Waals surface area (Å²) >= 11 is 0. The van der Waals surface area contributed by atoms with E-state index in [2.05, 4.69) is 20.7 Å². The topological polar surface area (TPSA) is 50.9 Å². The molecule has 0 saturated heterocycles. The largest absolute Gasteiger partial charge is 0.396 e. The molecule has 4 heteroatoms. The van der Waals surface area contributed by atoms with Gasteiger partial charge >= 0.3 is 0 Å². The van der Waals surface area contributed by atoms with Crippen LogP contribution in [0.15, 0.2) is 30.6 Å². The summed E-state index contributed by atoms with van der Waals surface area (Å²) in [7, 11) is 0. The lowest BCUT2D eigenvalue weighted by Crippen LogP contribution is -2.21. The highest BCUT2D eigenvalue weighted by Gasteiger charge is 2.20. The van der Waals surface area contributed by atoms with Gasteiger partial charge in [-0.2, -0.15) is 0 Å². The molecule has 1 N–H and O–H groups in total. The average molecular weight is 229 g/mol. The number of nitrogens with zero attached hydrogens (tertiary/aromatic N) is 3. The van der Waals surface area contributed by atoms with Gasteiger partial charge in [-0.15, -0.1) is 0 Å². The van der Waals surface area contributed by atoms with Crippen molar-refractivity contribution in [1.29, 1.82) is 0 Å². The van der Waals surface area contributed by atoms with Gasteiger partial charge in [0.2, 0.25) is 0 Å². The first-order valence-electron chi connectivity index (χ1n) is 5.95. The first kappa shape index (κ1) is 10.5. The van der Waals surface area contributed by atoms with Crippen molar-refractivity contribution < 1.29 is 5.11 Å². The number of aliphatic hydroxyl groups excluding tert-OH is 1.